The van der Waals surface area contributed by atoms with Crippen LogP contribution in [-0.4, -0.2) is 98.4 Å². The third-order valence-corrected chi connectivity index (χ3v) is 5.15. The average Bonchev–Trinajstić information content (AvgIpc) is 3.63. The summed E-state index contributed by atoms with van der Waals surface area (Å²) in [6.07, 6.45) is 2.56. The summed E-state index contributed by atoms with van der Waals surface area (Å²) < 4.78 is 4.94. The quantitative estimate of drug-likeness (QED) is 0.174. The standard InChI is InChI=1S/2C11H15N3.C4H8O.3C4H11Si.C2H6.2Co/c2*1-8(12-3)10-6-5-7-11(14-10)9(2)13-4;1-2-4-5-3-1;3*1-5(2,3)4;1-2;;/h2*5-7H,1-4H3;1-4H2;3*1H2,2-4H3;1-2H3;;/q;;;3*-1;;;+2. The van der Waals surface area contributed by atoms with Crippen LogP contribution in [-0.2, 0) is 38.3 Å². The molecule has 12 heteroatoms. The van der Waals surface area contributed by atoms with Crippen molar-refractivity contribution in [1.29, 1.82) is 0 Å². The minimum Gasteiger partial charge on any atom is -0.381 e. The number of aromatic nitrogens is 2. The van der Waals surface area contributed by atoms with Gasteiger partial charge >= 0.3 is 16.8 Å². The predicted molar refractivity (Wildman–Crippen MR) is 239 cm³/mol. The molecule has 0 amide bonds. The zero-order valence-electron chi connectivity index (χ0n) is 36.7. The Labute approximate surface area is 346 Å². The first kappa shape index (κ1) is 62.6. The fraction of sp³-hybridized carbons (Fsp3) is 0.575. The molecule has 0 unspecified atom stereocenters. The third-order valence-electron chi connectivity index (χ3n) is 5.15. The maximum atomic E-state index is 4.94. The van der Waals surface area contributed by atoms with E-state index in [-0.39, 0.29) is 33.6 Å². The Kier molecular flexibility index (Phi) is 42.5. The summed E-state index contributed by atoms with van der Waals surface area (Å²) in [4.78, 5) is 25.3. The first-order valence-electron chi connectivity index (χ1n) is 17.7. The number of nitrogens with zero attached hydrogens (tertiary/aromatic N) is 6. The molecule has 3 heterocycles. The molecular weight excluding hydrogens is 783 g/mol. The minimum absolute atomic E-state index is 0. The molecule has 0 atom stereocenters. The van der Waals surface area contributed by atoms with E-state index in [2.05, 4.69) is 109 Å². The van der Waals surface area contributed by atoms with Crippen LogP contribution < -0.4 is 0 Å². The normalized spacial score (nSPS) is 13.0. The van der Waals surface area contributed by atoms with Crippen LogP contribution in [0.5, 0.6) is 0 Å². The van der Waals surface area contributed by atoms with E-state index < -0.39 is 24.2 Å². The van der Waals surface area contributed by atoms with Gasteiger partial charge in [-0.2, -0.15) is 0 Å². The monoisotopic (exact) mass is 859 g/mol. The van der Waals surface area contributed by atoms with Crippen molar-refractivity contribution in [3.63, 3.8) is 0 Å². The van der Waals surface area contributed by atoms with Gasteiger partial charge in [0.1, 0.15) is 0 Å². The summed E-state index contributed by atoms with van der Waals surface area (Å²) in [6, 6.07) is 11.8. The second-order valence-corrected chi connectivity index (χ2v) is 30.4. The maximum absolute atomic E-state index is 4.94. The van der Waals surface area contributed by atoms with Crippen molar-refractivity contribution in [2.24, 2.45) is 20.0 Å². The number of pyridine rings is 2. The smallest absolute Gasteiger partial charge is 0.381 e. The van der Waals surface area contributed by atoms with E-state index >= 15 is 0 Å². The molecule has 2 aromatic rings. The Morgan fingerprint density at radius 2 is 0.692 bits per heavy atom. The summed E-state index contributed by atoms with van der Waals surface area (Å²) in [6.45, 7) is 45.5. The van der Waals surface area contributed by atoms with Gasteiger partial charge in [0.25, 0.3) is 0 Å². The van der Waals surface area contributed by atoms with E-state index in [4.69, 9.17) is 4.74 Å². The van der Waals surface area contributed by atoms with E-state index in [0.29, 0.717) is 0 Å². The Morgan fingerprint density at radius 1 is 0.519 bits per heavy atom. The van der Waals surface area contributed by atoms with Crippen molar-refractivity contribution in [1.82, 2.24) is 9.97 Å². The molecule has 0 aliphatic carbocycles. The second-order valence-electron chi connectivity index (χ2n) is 15.1. The minimum atomic E-state index is -0.861. The number of rotatable bonds is 4. The van der Waals surface area contributed by atoms with Crippen molar-refractivity contribution in [2.45, 2.75) is 113 Å². The Balaban J connectivity index is -0.000000129. The van der Waals surface area contributed by atoms with Gasteiger partial charge in [0.2, 0.25) is 0 Å². The zero-order valence-corrected chi connectivity index (χ0v) is 41.8. The Hall–Kier alpha value is -1.40. The molecule has 1 aliphatic heterocycles. The zero-order chi connectivity index (χ0) is 40.1. The van der Waals surface area contributed by atoms with Gasteiger partial charge in [0, 0.05) is 58.2 Å². The molecule has 1 saturated heterocycles. The molecule has 2 radical (unpaired) electrons. The molecule has 0 spiro atoms. The Morgan fingerprint density at radius 3 is 0.808 bits per heavy atom. The van der Waals surface area contributed by atoms with Crippen molar-refractivity contribution < 1.29 is 38.3 Å². The summed E-state index contributed by atoms with van der Waals surface area (Å²) in [5.41, 5.74) is 7.40. The van der Waals surface area contributed by atoms with Crippen molar-refractivity contribution in [3.8, 4) is 0 Å². The molecule has 52 heavy (non-hydrogen) atoms. The summed E-state index contributed by atoms with van der Waals surface area (Å²) >= 11 is 0. The molecule has 0 aromatic carbocycles. The molecule has 0 bridgehead atoms. The molecule has 0 N–H and O–H groups in total. The van der Waals surface area contributed by atoms with Crippen LogP contribution in [0.1, 0.15) is 77.2 Å². The second kappa shape index (κ2) is 35.3. The van der Waals surface area contributed by atoms with Crippen LogP contribution in [0, 0.1) is 19.6 Å². The number of hydrogen-bond acceptors (Lipinski definition) is 7. The largest absolute Gasteiger partial charge is 2.00 e. The van der Waals surface area contributed by atoms with Gasteiger partial charge in [-0.3, -0.25) is 20.0 Å². The molecule has 1 aliphatic rings. The molecule has 0 saturated carbocycles. The molecule has 304 valence electrons. The van der Waals surface area contributed by atoms with Gasteiger partial charge in [0.15, 0.2) is 0 Å². The van der Waals surface area contributed by atoms with Gasteiger partial charge in [-0.15, -0.1) is 24.2 Å². The van der Waals surface area contributed by atoms with Crippen molar-refractivity contribution in [3.05, 3.63) is 78.8 Å². The SMILES string of the molecule is C1CCOC1.CC.CN=C(C)c1cccc(C(C)=NC)n1.CN=C(C)c1cccc(C(C)=NC)n1.[CH2-][Si](C)(C)C.[CH2-][Si](C)(C)C.[CH2-][Si](C)(C)C.[Co+2].[Co]. The van der Waals surface area contributed by atoms with E-state index in [9.17, 15) is 0 Å². The van der Waals surface area contributed by atoms with Crippen molar-refractivity contribution >= 4 is 47.1 Å². The molecule has 1 fully saturated rings. The van der Waals surface area contributed by atoms with Gasteiger partial charge in [-0.1, -0.05) is 84.9 Å². The van der Waals surface area contributed by atoms with Crippen LogP contribution in [0.25, 0.3) is 0 Å². The first-order chi connectivity index (χ1) is 22.9. The van der Waals surface area contributed by atoms with E-state index in [1.165, 1.54) is 12.8 Å². The summed E-state index contributed by atoms with van der Waals surface area (Å²) in [7, 11) is 4.49. The molecule has 7 nitrogen and oxygen atoms in total. The summed E-state index contributed by atoms with van der Waals surface area (Å²) in [5.74, 6) is 0. The van der Waals surface area contributed by atoms with Gasteiger partial charge < -0.3 is 24.4 Å². The first-order valence-corrected chi connectivity index (χ1v) is 28.8. The number of aliphatic imine (C=N–C) groups is 4. The van der Waals surface area contributed by atoms with E-state index in [1.54, 1.807) is 28.2 Å². The van der Waals surface area contributed by atoms with E-state index in [1.807, 2.05) is 77.9 Å². The van der Waals surface area contributed by atoms with Gasteiger partial charge in [0.05, 0.1) is 45.6 Å². The van der Waals surface area contributed by atoms with Crippen LogP contribution >= 0.6 is 0 Å². The van der Waals surface area contributed by atoms with Crippen molar-refractivity contribution in [2.75, 3.05) is 41.4 Å². The van der Waals surface area contributed by atoms with Gasteiger partial charge in [-0.25, -0.2) is 9.97 Å². The third kappa shape index (κ3) is 48.6. The molecule has 2 aromatic heterocycles. The fourth-order valence-electron chi connectivity index (χ4n) is 2.64. The Bertz CT molecular complexity index is 1080. The predicted octanol–water partition coefficient (Wildman–Crippen LogP) is 10.8. The molecule has 3 rings (SSSR count). The number of hydrogen-bond donors (Lipinski definition) is 0. The average molecular weight is 860 g/mol. The van der Waals surface area contributed by atoms with Crippen LogP contribution in [0.2, 0.25) is 58.9 Å². The maximum Gasteiger partial charge on any atom is 2.00 e. The van der Waals surface area contributed by atoms with Crippen LogP contribution in [0.15, 0.2) is 56.4 Å². The van der Waals surface area contributed by atoms with Gasteiger partial charge in [-0.05, 0) is 64.8 Å². The number of ether oxygens (including phenoxy) is 1. The van der Waals surface area contributed by atoms with Crippen LogP contribution in [0.3, 0.4) is 0 Å². The fourth-order valence-corrected chi connectivity index (χ4v) is 2.64. The molecular formula is C40H77Co2N6OSi3-. The summed E-state index contributed by atoms with van der Waals surface area (Å²) in [5, 5.41) is 0. The van der Waals surface area contributed by atoms with E-state index in [0.717, 1.165) is 58.8 Å². The topological polar surface area (TPSA) is 84.5 Å². The van der Waals surface area contributed by atoms with Crippen LogP contribution in [0.4, 0.5) is 0 Å².